The summed E-state index contributed by atoms with van der Waals surface area (Å²) in [6, 6.07) is 3.30. The number of benzene rings is 1. The second-order valence-electron chi connectivity index (χ2n) is 10.9. The number of thiazole rings is 1. The van der Waals surface area contributed by atoms with E-state index in [0.29, 0.717) is 17.8 Å². The number of aromatic nitrogens is 2. The molecular weight excluding hydrogens is 708 g/mol. The second-order valence-corrected chi connectivity index (χ2v) is 13.1. The number of carbonyl (C=O) groups is 5. The largest absolute Gasteiger partial charge is 0.503 e. The SMILES string of the molecule is CC(C)(O/N=C(\C(=O)N[C@@H]1C(=O)N(S(=O)(=O)O)[C@@H]1CNC(=O)Cc1cccc(NC(=O)c2cc(=O)c(O)cn2O)c1)c1csc(N)n1)C(=O)O. The summed E-state index contributed by atoms with van der Waals surface area (Å²) in [5.41, 5.74) is 1.99. The summed E-state index contributed by atoms with van der Waals surface area (Å²) in [6.07, 6.45) is 0.282. The average molecular weight is 737 g/mol. The fraction of sp³-hybridized carbons (Fsp3) is 0.259. The number of rotatable bonds is 13. The maximum Gasteiger partial charge on any atom is 0.362 e. The number of amides is 4. The molecular formula is C27H28N8O13S2. The van der Waals surface area contributed by atoms with Crippen LogP contribution in [-0.4, -0.2) is 102 Å². The van der Waals surface area contributed by atoms with Crippen LogP contribution in [0, 0.1) is 0 Å². The summed E-state index contributed by atoms with van der Waals surface area (Å²) in [7, 11) is -5.16. The zero-order valence-corrected chi connectivity index (χ0v) is 27.4. The highest BCUT2D eigenvalue weighted by atomic mass is 32.2. The van der Waals surface area contributed by atoms with Crippen LogP contribution >= 0.6 is 11.3 Å². The fourth-order valence-electron chi connectivity index (χ4n) is 4.27. The maximum absolute atomic E-state index is 13.2. The Balaban J connectivity index is 1.46. The molecule has 0 saturated carbocycles. The number of hydrogen-bond acceptors (Lipinski definition) is 15. The van der Waals surface area contributed by atoms with Crippen LogP contribution < -0.4 is 27.1 Å². The number of carbonyl (C=O) groups excluding carboxylic acids is 4. The topological polar surface area (TPSA) is 322 Å². The molecule has 21 nitrogen and oxygen atoms in total. The number of β-lactam (4-membered cyclic amide) rings is 1. The number of aliphatic carboxylic acids is 1. The van der Waals surface area contributed by atoms with Gasteiger partial charge in [-0.25, -0.2) is 14.1 Å². The Bertz CT molecular complexity index is 2080. The Labute approximate surface area is 284 Å². The molecule has 0 radical (unpaired) electrons. The van der Waals surface area contributed by atoms with Crippen molar-refractivity contribution in [1.82, 2.24) is 24.7 Å². The van der Waals surface area contributed by atoms with Gasteiger partial charge in [0.05, 0.1) is 18.7 Å². The molecule has 0 bridgehead atoms. The first-order valence-electron chi connectivity index (χ1n) is 13.9. The number of nitrogens with two attached hydrogens (primary N) is 1. The fourth-order valence-corrected chi connectivity index (χ4v) is 5.70. The predicted molar refractivity (Wildman–Crippen MR) is 171 cm³/mol. The highest BCUT2D eigenvalue weighted by molar-refractivity contribution is 7.84. The van der Waals surface area contributed by atoms with Gasteiger partial charge in [-0.1, -0.05) is 17.3 Å². The molecule has 4 rings (SSSR count). The molecule has 1 saturated heterocycles. The minimum Gasteiger partial charge on any atom is -0.503 e. The third kappa shape index (κ3) is 8.31. The van der Waals surface area contributed by atoms with Crippen molar-refractivity contribution < 1.29 is 57.2 Å². The Morgan fingerprint density at radius 1 is 1.18 bits per heavy atom. The smallest absolute Gasteiger partial charge is 0.362 e. The maximum atomic E-state index is 13.2. The number of oxime groups is 1. The van der Waals surface area contributed by atoms with Crippen LogP contribution in [0.1, 0.15) is 35.6 Å². The van der Waals surface area contributed by atoms with Crippen molar-refractivity contribution in [3.05, 3.63) is 69.1 Å². The van der Waals surface area contributed by atoms with Gasteiger partial charge >= 0.3 is 16.3 Å². The molecule has 4 amide bonds. The van der Waals surface area contributed by atoms with Crippen LogP contribution in [-0.2, 0) is 40.7 Å². The van der Waals surface area contributed by atoms with Gasteiger partial charge in [-0.3, -0.25) is 28.5 Å². The molecule has 0 aliphatic carbocycles. The third-order valence-electron chi connectivity index (χ3n) is 6.87. The highest BCUT2D eigenvalue weighted by Crippen LogP contribution is 2.24. The molecule has 3 aromatic rings. The summed E-state index contributed by atoms with van der Waals surface area (Å²) in [4.78, 5) is 83.4. The van der Waals surface area contributed by atoms with Crippen LogP contribution in [0.25, 0.3) is 0 Å². The van der Waals surface area contributed by atoms with E-state index in [4.69, 9.17) is 10.6 Å². The van der Waals surface area contributed by atoms with Gasteiger partial charge < -0.3 is 41.9 Å². The van der Waals surface area contributed by atoms with E-state index in [-0.39, 0.29) is 32.0 Å². The van der Waals surface area contributed by atoms with E-state index >= 15 is 0 Å². The van der Waals surface area contributed by atoms with E-state index < -0.39 is 86.7 Å². The molecule has 0 spiro atoms. The quantitative estimate of drug-likeness (QED) is 0.0326. The zero-order chi connectivity index (χ0) is 37.1. The highest BCUT2D eigenvalue weighted by Gasteiger charge is 2.54. The van der Waals surface area contributed by atoms with Crippen molar-refractivity contribution >= 4 is 67.8 Å². The van der Waals surface area contributed by atoms with Crippen LogP contribution in [0.5, 0.6) is 5.75 Å². The van der Waals surface area contributed by atoms with Gasteiger partial charge in [0.1, 0.15) is 17.4 Å². The van der Waals surface area contributed by atoms with Crippen molar-refractivity contribution in [3.8, 4) is 5.75 Å². The number of carboxylic acids is 1. The van der Waals surface area contributed by atoms with Gasteiger partial charge in [0, 0.05) is 23.7 Å². The number of aromatic hydroxyl groups is 1. The van der Waals surface area contributed by atoms with Crippen molar-refractivity contribution in [1.29, 1.82) is 0 Å². The standard InChI is InChI=1S/C27H28N8O13S2/c1-27(2,25(42)43)48-33-20(14-11-49-26(28)31-14)23(40)32-21-16(35(24(21)41)50(45,46)47)9-29-19(38)7-12-4-3-5-13(6-12)30-22(39)15-8-17(36)18(37)10-34(15)44/h3-6,8,10-11,16,21,37,44H,7,9H2,1-2H3,(H2,28,31)(H,29,38)(H,30,39)(H,32,40)(H,42,43)(H,45,46,47)/b33-20-/t16-,21+/m1/s1. The molecule has 1 aliphatic heterocycles. The number of hydrogen-bond donors (Lipinski definition) is 8. The van der Waals surface area contributed by atoms with Crippen LogP contribution in [0.15, 0.2) is 51.9 Å². The molecule has 50 heavy (non-hydrogen) atoms. The molecule has 3 heterocycles. The van der Waals surface area contributed by atoms with Crippen LogP contribution in [0.4, 0.5) is 10.8 Å². The minimum absolute atomic E-state index is 0.00255. The van der Waals surface area contributed by atoms with E-state index in [2.05, 4.69) is 26.1 Å². The van der Waals surface area contributed by atoms with Gasteiger partial charge in [0.25, 0.3) is 17.7 Å². The molecule has 23 heteroatoms. The number of nitrogens with one attached hydrogen (secondary N) is 3. The van der Waals surface area contributed by atoms with E-state index in [9.17, 15) is 57.2 Å². The Hall–Kier alpha value is -6.07. The first kappa shape index (κ1) is 36.8. The van der Waals surface area contributed by atoms with Crippen molar-refractivity contribution in [2.24, 2.45) is 5.16 Å². The number of carboxylic acid groups (broad SMARTS) is 1. The summed E-state index contributed by atoms with van der Waals surface area (Å²) >= 11 is 0.897. The Morgan fingerprint density at radius 3 is 2.50 bits per heavy atom. The molecule has 1 fully saturated rings. The van der Waals surface area contributed by atoms with Crippen molar-refractivity contribution in [2.45, 2.75) is 38.0 Å². The Morgan fingerprint density at radius 2 is 1.88 bits per heavy atom. The molecule has 2 atom stereocenters. The van der Waals surface area contributed by atoms with Gasteiger partial charge in [0.15, 0.2) is 16.6 Å². The predicted octanol–water partition coefficient (Wildman–Crippen LogP) is -1.48. The first-order chi connectivity index (χ1) is 23.3. The van der Waals surface area contributed by atoms with Crippen molar-refractivity contribution in [2.75, 3.05) is 17.6 Å². The normalized spacial score (nSPS) is 16.3. The lowest BCUT2D eigenvalue weighted by Crippen LogP contribution is -2.74. The number of pyridine rings is 1. The number of nitrogens with zero attached hydrogens (tertiary/aromatic N) is 4. The number of anilines is 2. The summed E-state index contributed by atoms with van der Waals surface area (Å²) in [5.74, 6) is -6.30. The van der Waals surface area contributed by atoms with E-state index in [1.807, 2.05) is 0 Å². The second kappa shape index (κ2) is 14.2. The monoisotopic (exact) mass is 736 g/mol. The molecule has 0 unspecified atom stereocenters. The molecule has 1 aromatic carbocycles. The average Bonchev–Trinajstić information content (AvgIpc) is 3.44. The van der Waals surface area contributed by atoms with Gasteiger partial charge in [0.2, 0.25) is 16.9 Å². The summed E-state index contributed by atoms with van der Waals surface area (Å²) in [5, 5.41) is 40.4. The van der Waals surface area contributed by atoms with Crippen molar-refractivity contribution in [3.63, 3.8) is 0 Å². The van der Waals surface area contributed by atoms with Crippen LogP contribution in [0.3, 0.4) is 0 Å². The van der Waals surface area contributed by atoms with E-state index in [1.54, 1.807) is 0 Å². The van der Waals surface area contributed by atoms with E-state index in [1.165, 1.54) is 29.6 Å². The summed E-state index contributed by atoms with van der Waals surface area (Å²) < 4.78 is 33.8. The van der Waals surface area contributed by atoms with E-state index in [0.717, 1.165) is 25.2 Å². The lowest BCUT2D eigenvalue weighted by atomic mass is 9.98. The molecule has 2 aromatic heterocycles. The molecule has 9 N–H and O–H groups in total. The van der Waals surface area contributed by atoms with Gasteiger partial charge in [-0.2, -0.15) is 13.1 Å². The third-order valence-corrected chi connectivity index (χ3v) is 8.49. The number of nitrogen functional groups attached to an aromatic ring is 1. The Kier molecular flexibility index (Phi) is 10.4. The van der Waals surface area contributed by atoms with Crippen LogP contribution in [0.2, 0.25) is 0 Å². The zero-order valence-electron chi connectivity index (χ0n) is 25.8. The van der Waals surface area contributed by atoms with Gasteiger partial charge in [-0.05, 0) is 31.5 Å². The molecule has 1 aliphatic rings. The first-order valence-corrected chi connectivity index (χ1v) is 16.2. The minimum atomic E-state index is -5.16. The summed E-state index contributed by atoms with van der Waals surface area (Å²) in [6.45, 7) is 1.68. The lowest BCUT2D eigenvalue weighted by molar-refractivity contribution is -0.161. The lowest BCUT2D eigenvalue weighted by Gasteiger charge is -2.44. The molecule has 266 valence electrons. The van der Waals surface area contributed by atoms with Gasteiger partial charge in [-0.15, -0.1) is 11.3 Å².